The minimum absolute atomic E-state index is 0.00196. The standard InChI is InChI=1S/C14H23N3O3/c1-11(2)20-9-12-13-8-16(14(19)4-7-18)5-3-6-17(13)10-15-12/h10-11,18H,3-9H2,1-2H3. The molecule has 6 nitrogen and oxygen atoms in total. The first-order valence-corrected chi connectivity index (χ1v) is 7.15. The van der Waals surface area contributed by atoms with Gasteiger partial charge < -0.3 is 19.3 Å². The summed E-state index contributed by atoms with van der Waals surface area (Å²) in [6, 6.07) is 0. The van der Waals surface area contributed by atoms with Crippen LogP contribution in [-0.4, -0.2) is 44.7 Å². The van der Waals surface area contributed by atoms with Crippen molar-refractivity contribution in [1.82, 2.24) is 14.5 Å². The predicted molar refractivity (Wildman–Crippen MR) is 73.9 cm³/mol. The SMILES string of the molecule is CC(C)OCc1ncn2c1CN(C(=O)CCO)CCC2. The molecule has 0 spiro atoms. The monoisotopic (exact) mass is 281 g/mol. The molecule has 2 rings (SSSR count). The van der Waals surface area contributed by atoms with Gasteiger partial charge in [-0.05, 0) is 20.3 Å². The quantitative estimate of drug-likeness (QED) is 0.871. The molecule has 0 fully saturated rings. The van der Waals surface area contributed by atoms with Crippen LogP contribution in [0.2, 0.25) is 0 Å². The molecule has 0 bridgehead atoms. The van der Waals surface area contributed by atoms with E-state index in [0.29, 0.717) is 13.2 Å². The Hall–Kier alpha value is -1.40. The van der Waals surface area contributed by atoms with Gasteiger partial charge in [0.05, 0.1) is 43.6 Å². The number of carbonyl (C=O) groups excluding carboxylic acids is 1. The van der Waals surface area contributed by atoms with Crippen LogP contribution >= 0.6 is 0 Å². The lowest BCUT2D eigenvalue weighted by molar-refractivity contribution is -0.132. The van der Waals surface area contributed by atoms with Crippen LogP contribution in [0.15, 0.2) is 6.33 Å². The summed E-state index contributed by atoms with van der Waals surface area (Å²) >= 11 is 0. The number of aryl methyl sites for hydroxylation is 1. The molecule has 1 aliphatic rings. The van der Waals surface area contributed by atoms with Gasteiger partial charge in [0.15, 0.2) is 0 Å². The van der Waals surface area contributed by atoms with Crippen molar-refractivity contribution in [1.29, 1.82) is 0 Å². The van der Waals surface area contributed by atoms with Crippen LogP contribution in [-0.2, 0) is 29.2 Å². The first kappa shape index (κ1) is 15.0. The number of rotatable bonds is 5. The minimum atomic E-state index is -0.0993. The second-order valence-corrected chi connectivity index (χ2v) is 5.33. The summed E-state index contributed by atoms with van der Waals surface area (Å²) in [4.78, 5) is 18.2. The van der Waals surface area contributed by atoms with Crippen LogP contribution in [0, 0.1) is 0 Å². The normalized spacial score (nSPS) is 15.3. The van der Waals surface area contributed by atoms with Crippen LogP contribution in [0.4, 0.5) is 0 Å². The molecule has 1 N–H and O–H groups in total. The summed E-state index contributed by atoms with van der Waals surface area (Å²) in [7, 11) is 0. The molecule has 0 radical (unpaired) electrons. The van der Waals surface area contributed by atoms with Crippen molar-refractivity contribution in [2.24, 2.45) is 0 Å². The molecule has 0 atom stereocenters. The molecular formula is C14H23N3O3. The lowest BCUT2D eigenvalue weighted by atomic mass is 10.3. The van der Waals surface area contributed by atoms with Crippen molar-refractivity contribution in [2.45, 2.75) is 52.5 Å². The Morgan fingerprint density at radius 3 is 3.00 bits per heavy atom. The minimum Gasteiger partial charge on any atom is -0.396 e. The summed E-state index contributed by atoms with van der Waals surface area (Å²) in [5.74, 6) is -0.00196. The van der Waals surface area contributed by atoms with Gasteiger partial charge in [0.1, 0.15) is 0 Å². The van der Waals surface area contributed by atoms with Crippen LogP contribution in [0.25, 0.3) is 0 Å². The molecule has 1 aliphatic heterocycles. The third kappa shape index (κ3) is 3.58. The molecule has 0 aromatic carbocycles. The van der Waals surface area contributed by atoms with E-state index in [4.69, 9.17) is 9.84 Å². The smallest absolute Gasteiger partial charge is 0.225 e. The summed E-state index contributed by atoms with van der Waals surface area (Å²) < 4.78 is 7.72. The molecule has 0 unspecified atom stereocenters. The fourth-order valence-corrected chi connectivity index (χ4v) is 2.35. The van der Waals surface area contributed by atoms with Crippen LogP contribution in [0.1, 0.15) is 38.1 Å². The molecule has 1 amide bonds. The van der Waals surface area contributed by atoms with Gasteiger partial charge in [0.25, 0.3) is 0 Å². The van der Waals surface area contributed by atoms with Crippen LogP contribution in [0.5, 0.6) is 0 Å². The fraction of sp³-hybridized carbons (Fsp3) is 0.714. The van der Waals surface area contributed by atoms with Crippen LogP contribution in [0.3, 0.4) is 0 Å². The Bertz CT molecular complexity index is 457. The van der Waals surface area contributed by atoms with E-state index in [-0.39, 0.29) is 25.0 Å². The van der Waals surface area contributed by atoms with Gasteiger partial charge in [0, 0.05) is 19.5 Å². The highest BCUT2D eigenvalue weighted by atomic mass is 16.5. The average molecular weight is 281 g/mol. The highest BCUT2D eigenvalue weighted by molar-refractivity contribution is 5.76. The number of fused-ring (bicyclic) bond motifs is 1. The van der Waals surface area contributed by atoms with Gasteiger partial charge in [0.2, 0.25) is 5.91 Å². The van der Waals surface area contributed by atoms with E-state index in [1.807, 2.05) is 20.2 Å². The first-order chi connectivity index (χ1) is 9.61. The number of hydrogen-bond donors (Lipinski definition) is 1. The van der Waals surface area contributed by atoms with Crippen molar-refractivity contribution in [3.05, 3.63) is 17.7 Å². The number of aliphatic hydroxyl groups excluding tert-OH is 1. The Balaban J connectivity index is 2.11. The Morgan fingerprint density at radius 1 is 1.50 bits per heavy atom. The molecule has 20 heavy (non-hydrogen) atoms. The number of imidazole rings is 1. The highest BCUT2D eigenvalue weighted by Gasteiger charge is 2.21. The number of nitrogens with zero attached hydrogens (tertiary/aromatic N) is 3. The molecule has 2 heterocycles. The number of carbonyl (C=O) groups is 1. The maximum atomic E-state index is 12.0. The van der Waals surface area contributed by atoms with E-state index in [1.54, 1.807) is 4.90 Å². The van der Waals surface area contributed by atoms with Gasteiger partial charge in [-0.1, -0.05) is 0 Å². The van der Waals surface area contributed by atoms with E-state index in [2.05, 4.69) is 9.55 Å². The number of hydrogen-bond acceptors (Lipinski definition) is 4. The van der Waals surface area contributed by atoms with E-state index < -0.39 is 0 Å². The molecule has 112 valence electrons. The summed E-state index contributed by atoms with van der Waals surface area (Å²) in [5, 5.41) is 8.91. The Morgan fingerprint density at radius 2 is 2.30 bits per heavy atom. The van der Waals surface area contributed by atoms with Crippen molar-refractivity contribution in [2.75, 3.05) is 13.2 Å². The predicted octanol–water partition coefficient (Wildman–Crippen LogP) is 0.923. The summed E-state index contributed by atoms with van der Waals surface area (Å²) in [6.07, 6.45) is 3.08. The fourth-order valence-electron chi connectivity index (χ4n) is 2.35. The molecule has 0 saturated heterocycles. The molecule has 0 saturated carbocycles. The second kappa shape index (κ2) is 6.85. The second-order valence-electron chi connectivity index (χ2n) is 5.33. The molecule has 6 heteroatoms. The molecular weight excluding hydrogens is 258 g/mol. The number of amides is 1. The van der Waals surface area contributed by atoms with E-state index in [1.165, 1.54) is 0 Å². The van der Waals surface area contributed by atoms with Crippen molar-refractivity contribution >= 4 is 5.91 Å². The number of ether oxygens (including phenoxy) is 1. The molecule has 1 aromatic heterocycles. The van der Waals surface area contributed by atoms with Gasteiger partial charge in [-0.15, -0.1) is 0 Å². The van der Waals surface area contributed by atoms with Gasteiger partial charge in [-0.3, -0.25) is 4.79 Å². The number of aliphatic hydroxyl groups is 1. The highest BCUT2D eigenvalue weighted by Crippen LogP contribution is 2.18. The maximum Gasteiger partial charge on any atom is 0.225 e. The van der Waals surface area contributed by atoms with Gasteiger partial charge >= 0.3 is 0 Å². The maximum absolute atomic E-state index is 12.0. The van der Waals surface area contributed by atoms with Crippen molar-refractivity contribution < 1.29 is 14.6 Å². The summed E-state index contributed by atoms with van der Waals surface area (Å²) in [6.45, 7) is 6.51. The zero-order chi connectivity index (χ0) is 14.5. The first-order valence-electron chi connectivity index (χ1n) is 7.15. The van der Waals surface area contributed by atoms with Gasteiger partial charge in [-0.25, -0.2) is 4.98 Å². The zero-order valence-electron chi connectivity index (χ0n) is 12.2. The van der Waals surface area contributed by atoms with E-state index in [9.17, 15) is 4.79 Å². The van der Waals surface area contributed by atoms with Gasteiger partial charge in [-0.2, -0.15) is 0 Å². The third-order valence-corrected chi connectivity index (χ3v) is 3.43. The lowest BCUT2D eigenvalue weighted by Gasteiger charge is -2.20. The number of aromatic nitrogens is 2. The van der Waals surface area contributed by atoms with Crippen molar-refractivity contribution in [3.63, 3.8) is 0 Å². The third-order valence-electron chi connectivity index (χ3n) is 3.43. The Labute approximate surface area is 119 Å². The van der Waals surface area contributed by atoms with E-state index in [0.717, 1.165) is 30.9 Å². The molecule has 1 aromatic rings. The topological polar surface area (TPSA) is 67.6 Å². The van der Waals surface area contributed by atoms with Crippen molar-refractivity contribution in [3.8, 4) is 0 Å². The van der Waals surface area contributed by atoms with Crippen LogP contribution < -0.4 is 0 Å². The average Bonchev–Trinajstić information content (AvgIpc) is 2.65. The largest absolute Gasteiger partial charge is 0.396 e. The lowest BCUT2D eigenvalue weighted by Crippen LogP contribution is -2.31. The summed E-state index contributed by atoms with van der Waals surface area (Å²) in [5.41, 5.74) is 1.96. The molecule has 0 aliphatic carbocycles. The zero-order valence-corrected chi connectivity index (χ0v) is 12.2. The Kier molecular flexibility index (Phi) is 5.14. The van der Waals surface area contributed by atoms with E-state index >= 15 is 0 Å².